The van der Waals surface area contributed by atoms with Crippen LogP contribution in [0.3, 0.4) is 0 Å². The number of carboxylic acids is 2. The van der Waals surface area contributed by atoms with Gasteiger partial charge >= 0.3 is 11.9 Å². The van der Waals surface area contributed by atoms with Gasteiger partial charge in [0.15, 0.2) is 8.32 Å². The summed E-state index contributed by atoms with van der Waals surface area (Å²) in [6.07, 6.45) is 0. The molecule has 0 spiro atoms. The highest BCUT2D eigenvalue weighted by atomic mass is 29.5. The van der Waals surface area contributed by atoms with Gasteiger partial charge in [0.25, 0.3) is 0 Å². The van der Waals surface area contributed by atoms with Crippen LogP contribution in [0.4, 0.5) is 0 Å². The van der Waals surface area contributed by atoms with Gasteiger partial charge in [-0.2, -0.15) is 0 Å². The molecule has 9 heteroatoms. The van der Waals surface area contributed by atoms with Gasteiger partial charge in [-0.05, 0) is 41.2 Å². The fourth-order valence-electron chi connectivity index (χ4n) is 0.902. The minimum Gasteiger partial charge on any atom is -0.478 e. The summed E-state index contributed by atoms with van der Waals surface area (Å²) in [5.74, 6) is -1.71. The van der Waals surface area contributed by atoms with E-state index in [9.17, 15) is 9.59 Å². The van der Waals surface area contributed by atoms with E-state index in [1.165, 1.54) is 9.76 Å². The summed E-state index contributed by atoms with van der Waals surface area (Å²) in [6.45, 7) is 20.8. The summed E-state index contributed by atoms with van der Waals surface area (Å²) in [7, 11) is 0.925. The van der Waals surface area contributed by atoms with Crippen molar-refractivity contribution in [2.45, 2.75) is 47.3 Å². The molecule has 0 aliphatic carbocycles. The molecule has 2 N–H and O–H groups in total. The molecule has 0 saturated carbocycles. The van der Waals surface area contributed by atoms with Crippen LogP contribution >= 0.6 is 0 Å². The second-order valence-corrected chi connectivity index (χ2v) is 26.9. The number of carboxylic acid groups (broad SMARTS) is 2. The molecule has 0 aromatic rings. The van der Waals surface area contributed by atoms with Crippen LogP contribution in [-0.4, -0.2) is 58.1 Å². The Kier molecular flexibility index (Phi) is 17.0. The zero-order valence-corrected chi connectivity index (χ0v) is 22.4. The lowest BCUT2D eigenvalue weighted by atomic mass is 10.1. The Morgan fingerprint density at radius 3 is 1.29 bits per heavy atom. The van der Waals surface area contributed by atoms with Crippen LogP contribution in [0.15, 0.2) is 24.3 Å². The fourth-order valence-corrected chi connectivity index (χ4v) is 17.0. The summed E-state index contributed by atoms with van der Waals surface area (Å²) < 4.78 is 5.75. The van der Waals surface area contributed by atoms with Crippen molar-refractivity contribution in [1.82, 2.24) is 0 Å². The monoisotopic (exact) mass is 408 g/mol. The Labute approximate surface area is 155 Å². The Balaban J connectivity index is -0.000000276. The van der Waals surface area contributed by atoms with Crippen LogP contribution in [0.1, 0.15) is 27.7 Å². The molecule has 0 amide bonds. The van der Waals surface area contributed by atoms with E-state index in [2.05, 4.69) is 32.8 Å². The van der Waals surface area contributed by atoms with Crippen LogP contribution in [-0.2, 0) is 13.7 Å². The first-order chi connectivity index (χ1) is 10.7. The summed E-state index contributed by atoms with van der Waals surface area (Å²) in [5, 5.41) is 16.5. The molecule has 0 heterocycles. The standard InChI is InChI=1S/2C6H10O2.C3H16OSi4/c2*1-4(2)5(3)6(7)8;1-8(2,3)4-6-7-5/h2*4H,3H2,1-2H3,(H,7,8);6-7H2,1-3,5H3. The summed E-state index contributed by atoms with van der Waals surface area (Å²) in [5.41, 5.74) is 0.537. The lowest BCUT2D eigenvalue weighted by molar-refractivity contribution is -0.134. The van der Waals surface area contributed by atoms with Gasteiger partial charge < -0.3 is 14.3 Å². The molecule has 142 valence electrons. The molecule has 0 atom stereocenters. The molecule has 5 nitrogen and oxygen atoms in total. The van der Waals surface area contributed by atoms with Gasteiger partial charge in [-0.3, -0.25) is 0 Å². The van der Waals surface area contributed by atoms with E-state index in [0.717, 1.165) is 0 Å². The molecule has 0 saturated heterocycles. The highest BCUT2D eigenvalue weighted by molar-refractivity contribution is 7.23. The maximum Gasteiger partial charge on any atom is 0.331 e. The normalized spacial score (nSPS) is 11.4. The number of hydrogen-bond donors (Lipinski definition) is 2. The van der Waals surface area contributed by atoms with Crippen molar-refractivity contribution >= 4 is 47.9 Å². The maximum absolute atomic E-state index is 10.0. The van der Waals surface area contributed by atoms with E-state index >= 15 is 0 Å². The van der Waals surface area contributed by atoms with Crippen LogP contribution < -0.4 is 0 Å². The lowest BCUT2D eigenvalue weighted by Gasteiger charge is -2.16. The number of carbonyl (C=O) groups is 2. The quantitative estimate of drug-likeness (QED) is 0.482. The third kappa shape index (κ3) is 21.2. The Morgan fingerprint density at radius 1 is 0.958 bits per heavy atom. The van der Waals surface area contributed by atoms with Crippen molar-refractivity contribution in [2.24, 2.45) is 11.8 Å². The molecule has 0 aromatic heterocycles. The molecule has 0 aliphatic heterocycles. The molecule has 0 radical (unpaired) electrons. The minimum atomic E-state index is -1.06. The average molecular weight is 409 g/mol. The number of hydrogen-bond acceptors (Lipinski definition) is 3. The van der Waals surface area contributed by atoms with E-state index in [1.807, 2.05) is 0 Å². The predicted octanol–water partition coefficient (Wildman–Crippen LogP) is 0.852. The van der Waals surface area contributed by atoms with Crippen molar-refractivity contribution in [3.63, 3.8) is 0 Å². The largest absolute Gasteiger partial charge is 0.478 e. The van der Waals surface area contributed by atoms with Crippen LogP contribution in [0.25, 0.3) is 0 Å². The SMILES string of the molecule is C=C(C(=O)O)C(C)C.C=C(C(=O)O)C(C)C.C[Si](C)(C)O[SiH2][SiH2][SiH3]. The second-order valence-electron chi connectivity index (χ2n) is 6.93. The number of rotatable bonds is 7. The average Bonchev–Trinajstić information content (AvgIpc) is 2.43. The third-order valence-corrected chi connectivity index (χ3v) is 14.1. The molecule has 0 aromatic carbocycles. The van der Waals surface area contributed by atoms with Crippen molar-refractivity contribution in [3.8, 4) is 0 Å². The van der Waals surface area contributed by atoms with Gasteiger partial charge in [0.05, 0.1) is 0 Å². The summed E-state index contributed by atoms with van der Waals surface area (Å²) >= 11 is 0. The van der Waals surface area contributed by atoms with Crippen molar-refractivity contribution < 1.29 is 23.9 Å². The molecule has 0 fully saturated rings. The first kappa shape index (κ1) is 28.1. The number of aliphatic carboxylic acids is 2. The second kappa shape index (κ2) is 14.6. The van der Waals surface area contributed by atoms with Crippen LogP contribution in [0, 0.1) is 11.8 Å². The van der Waals surface area contributed by atoms with Gasteiger partial charge in [-0.25, -0.2) is 9.59 Å². The third-order valence-electron chi connectivity index (χ3n) is 2.68. The Morgan fingerprint density at radius 2 is 1.25 bits per heavy atom. The first-order valence-electron chi connectivity index (χ1n) is 8.15. The van der Waals surface area contributed by atoms with Gasteiger partial charge in [0.2, 0.25) is 0 Å². The van der Waals surface area contributed by atoms with E-state index in [1.54, 1.807) is 27.7 Å². The predicted molar refractivity (Wildman–Crippen MR) is 115 cm³/mol. The molecular formula is C15H36O5Si4. The Hall–Kier alpha value is -0.752. The molecule has 0 unspecified atom stereocenters. The highest BCUT2D eigenvalue weighted by Gasteiger charge is 2.11. The van der Waals surface area contributed by atoms with Crippen LogP contribution in [0.2, 0.25) is 19.6 Å². The van der Waals surface area contributed by atoms with Gasteiger partial charge in [0.1, 0.15) is 9.28 Å². The fraction of sp³-hybridized carbons (Fsp3) is 0.600. The van der Waals surface area contributed by atoms with Gasteiger partial charge in [-0.15, -0.1) is 0 Å². The zero-order valence-electron chi connectivity index (χ0n) is 16.6. The topological polar surface area (TPSA) is 83.8 Å². The zero-order chi connectivity index (χ0) is 20.1. The van der Waals surface area contributed by atoms with Gasteiger partial charge in [0, 0.05) is 19.7 Å². The summed E-state index contributed by atoms with van der Waals surface area (Å²) in [6, 6.07) is 0. The van der Waals surface area contributed by atoms with E-state index in [-0.39, 0.29) is 32.3 Å². The maximum atomic E-state index is 10.0. The van der Waals surface area contributed by atoms with Gasteiger partial charge in [-0.1, -0.05) is 40.9 Å². The van der Waals surface area contributed by atoms with Crippen LogP contribution in [0.5, 0.6) is 0 Å². The molecule has 0 aliphatic rings. The molecule has 24 heavy (non-hydrogen) atoms. The van der Waals surface area contributed by atoms with Crippen molar-refractivity contribution in [2.75, 3.05) is 0 Å². The minimum absolute atomic E-state index is 0.0486. The van der Waals surface area contributed by atoms with Crippen molar-refractivity contribution in [1.29, 1.82) is 0 Å². The van der Waals surface area contributed by atoms with E-state index in [0.29, 0.717) is 8.55 Å². The molecule has 0 rings (SSSR count). The van der Waals surface area contributed by atoms with E-state index < -0.39 is 20.3 Å². The highest BCUT2D eigenvalue weighted by Crippen LogP contribution is 2.05. The van der Waals surface area contributed by atoms with E-state index in [4.69, 9.17) is 14.3 Å². The smallest absolute Gasteiger partial charge is 0.331 e. The summed E-state index contributed by atoms with van der Waals surface area (Å²) in [4.78, 5) is 20.1. The molecular weight excluding hydrogens is 373 g/mol. The molecule has 0 bridgehead atoms. The lowest BCUT2D eigenvalue weighted by Crippen LogP contribution is -2.29. The Bertz CT molecular complexity index is 385. The first-order valence-corrected chi connectivity index (χ1v) is 21.8. The van der Waals surface area contributed by atoms with Crippen molar-refractivity contribution in [3.05, 3.63) is 24.3 Å².